The fraction of sp³-hybridized carbons (Fsp3) is 0.300. The SMILES string of the molecule is CCCC#Cc1oc(=O)cc[c]1[Hg][Cl]. The first-order valence-corrected chi connectivity index (χ1v) is 14.0. The van der Waals surface area contributed by atoms with Crippen LogP contribution in [0.2, 0.25) is 0 Å². The molecular weight excluding hydrogens is 388 g/mol. The van der Waals surface area contributed by atoms with E-state index in [9.17, 15) is 4.79 Å². The second kappa shape index (κ2) is 6.26. The second-order valence-corrected chi connectivity index (χ2v) is 9.14. The van der Waals surface area contributed by atoms with Crippen LogP contribution in [-0.2, 0) is 23.3 Å². The van der Waals surface area contributed by atoms with Crippen molar-refractivity contribution in [3.8, 4) is 11.8 Å². The van der Waals surface area contributed by atoms with Crippen LogP contribution in [0.4, 0.5) is 0 Å². The van der Waals surface area contributed by atoms with E-state index < -0.39 is 23.3 Å². The normalized spacial score (nSPS) is 8.71. The molecule has 0 amide bonds. The van der Waals surface area contributed by atoms with Crippen molar-refractivity contribution < 1.29 is 27.8 Å². The Morgan fingerprint density at radius 1 is 1.57 bits per heavy atom. The molecule has 70 valence electrons. The van der Waals surface area contributed by atoms with Gasteiger partial charge in [0.15, 0.2) is 0 Å². The summed E-state index contributed by atoms with van der Waals surface area (Å²) >= 11 is -1.54. The van der Waals surface area contributed by atoms with Gasteiger partial charge in [-0.15, -0.1) is 0 Å². The van der Waals surface area contributed by atoms with Crippen LogP contribution >= 0.6 is 8.25 Å². The predicted molar refractivity (Wildman–Crippen MR) is 52.3 cm³/mol. The van der Waals surface area contributed by atoms with Gasteiger partial charge in [0.25, 0.3) is 0 Å². The maximum atomic E-state index is 10.9. The second-order valence-electron chi connectivity index (χ2n) is 2.79. The molecule has 0 aliphatic heterocycles. The molecule has 0 spiro atoms. The molecule has 1 rings (SSSR count). The van der Waals surface area contributed by atoms with Crippen LogP contribution in [0, 0.1) is 11.8 Å². The Kier molecular flexibility index (Phi) is 5.28. The molecule has 4 heteroatoms. The van der Waals surface area contributed by atoms with Crippen molar-refractivity contribution in [2.24, 2.45) is 0 Å². The summed E-state index contributed by atoms with van der Waals surface area (Å²) in [5.41, 5.74) is -0.354. The van der Waals surface area contributed by atoms with Gasteiger partial charge in [-0.05, 0) is 0 Å². The molecule has 14 heavy (non-hydrogen) atoms. The fourth-order valence-electron chi connectivity index (χ4n) is 0.923. The summed E-state index contributed by atoms with van der Waals surface area (Å²) in [7, 11) is 5.89. The molecule has 0 saturated carbocycles. The van der Waals surface area contributed by atoms with Crippen LogP contribution in [0.15, 0.2) is 21.3 Å². The van der Waals surface area contributed by atoms with E-state index >= 15 is 0 Å². The van der Waals surface area contributed by atoms with Crippen LogP contribution in [0.1, 0.15) is 25.5 Å². The Labute approximate surface area is 98.5 Å². The molecule has 0 unspecified atom stereocenters. The van der Waals surface area contributed by atoms with Crippen LogP contribution in [0.3, 0.4) is 0 Å². The molecule has 1 aromatic heterocycles. The Bertz CT molecular complexity index is 414. The fourth-order valence-corrected chi connectivity index (χ4v) is 4.67. The van der Waals surface area contributed by atoms with Crippen molar-refractivity contribution in [1.29, 1.82) is 0 Å². The Morgan fingerprint density at radius 3 is 3.00 bits per heavy atom. The van der Waals surface area contributed by atoms with E-state index in [0.29, 0.717) is 5.76 Å². The molecule has 1 heterocycles. The van der Waals surface area contributed by atoms with Crippen molar-refractivity contribution in [3.05, 3.63) is 28.3 Å². The number of hydrogen-bond donors (Lipinski definition) is 0. The van der Waals surface area contributed by atoms with Gasteiger partial charge >= 0.3 is 99.0 Å². The first kappa shape index (κ1) is 11.8. The van der Waals surface area contributed by atoms with Crippen molar-refractivity contribution in [2.45, 2.75) is 19.8 Å². The van der Waals surface area contributed by atoms with Crippen molar-refractivity contribution in [1.82, 2.24) is 0 Å². The van der Waals surface area contributed by atoms with Crippen molar-refractivity contribution in [3.63, 3.8) is 0 Å². The molecule has 2 nitrogen and oxygen atoms in total. The van der Waals surface area contributed by atoms with Crippen LogP contribution in [0.25, 0.3) is 0 Å². The molecule has 0 aromatic carbocycles. The summed E-state index contributed by atoms with van der Waals surface area (Å²) in [4.78, 5) is 10.9. The first-order valence-electron chi connectivity index (χ1n) is 4.45. The van der Waals surface area contributed by atoms with E-state index in [4.69, 9.17) is 12.7 Å². The van der Waals surface area contributed by atoms with E-state index in [1.807, 2.05) is 0 Å². The minimum absolute atomic E-state index is 0.354. The molecule has 0 aliphatic rings. The number of rotatable bonds is 2. The monoisotopic (exact) mass is 398 g/mol. The maximum absolute atomic E-state index is 10.9. The number of unbranched alkanes of at least 4 members (excludes halogenated alkanes) is 1. The average molecular weight is 397 g/mol. The zero-order valence-electron chi connectivity index (χ0n) is 7.97. The van der Waals surface area contributed by atoms with Crippen LogP contribution < -0.4 is 8.70 Å². The van der Waals surface area contributed by atoms with Gasteiger partial charge in [0.1, 0.15) is 0 Å². The quantitative estimate of drug-likeness (QED) is 0.562. The molecule has 0 N–H and O–H groups in total. The average Bonchev–Trinajstić information content (AvgIpc) is 2.19. The third-order valence-electron chi connectivity index (χ3n) is 1.64. The topological polar surface area (TPSA) is 30.2 Å². The molecule has 0 bridgehead atoms. The van der Waals surface area contributed by atoms with E-state index in [1.54, 1.807) is 6.07 Å². The van der Waals surface area contributed by atoms with Gasteiger partial charge in [-0.3, -0.25) is 0 Å². The zero-order chi connectivity index (χ0) is 10.4. The van der Waals surface area contributed by atoms with Crippen molar-refractivity contribution >= 4 is 11.3 Å². The third kappa shape index (κ3) is 3.47. The van der Waals surface area contributed by atoms with Crippen LogP contribution in [0.5, 0.6) is 0 Å². The summed E-state index contributed by atoms with van der Waals surface area (Å²) in [6.07, 6.45) is 1.82. The summed E-state index contributed by atoms with van der Waals surface area (Å²) in [6.45, 7) is 2.05. The predicted octanol–water partition coefficient (Wildman–Crippen LogP) is 1.65. The van der Waals surface area contributed by atoms with Gasteiger partial charge in [0.2, 0.25) is 0 Å². The van der Waals surface area contributed by atoms with Gasteiger partial charge in [0, 0.05) is 0 Å². The zero-order valence-corrected chi connectivity index (χ0v) is 14.2. The third-order valence-corrected chi connectivity index (χ3v) is 7.45. The van der Waals surface area contributed by atoms with Gasteiger partial charge in [0.05, 0.1) is 0 Å². The molecule has 0 aliphatic carbocycles. The summed E-state index contributed by atoms with van der Waals surface area (Å²) < 4.78 is 5.97. The molecule has 1 aromatic rings. The van der Waals surface area contributed by atoms with E-state index in [1.165, 1.54) is 6.07 Å². The minimum atomic E-state index is -1.54. The molecule has 0 saturated heterocycles. The number of halogens is 1. The van der Waals surface area contributed by atoms with Gasteiger partial charge in [-0.25, -0.2) is 0 Å². The Morgan fingerprint density at radius 2 is 2.36 bits per heavy atom. The molecule has 0 atom stereocenters. The summed E-state index contributed by atoms with van der Waals surface area (Å²) in [6, 6.07) is 3.15. The summed E-state index contributed by atoms with van der Waals surface area (Å²) in [5.74, 6) is 6.30. The van der Waals surface area contributed by atoms with Gasteiger partial charge in [-0.2, -0.15) is 0 Å². The van der Waals surface area contributed by atoms with Crippen LogP contribution in [-0.4, -0.2) is 0 Å². The molecule has 0 radical (unpaired) electrons. The first-order chi connectivity index (χ1) is 6.77. The van der Waals surface area contributed by atoms with Gasteiger partial charge in [-0.1, -0.05) is 0 Å². The summed E-state index contributed by atoms with van der Waals surface area (Å²) in [5, 5.41) is 0. The van der Waals surface area contributed by atoms with E-state index in [0.717, 1.165) is 15.9 Å². The van der Waals surface area contributed by atoms with E-state index in [-0.39, 0.29) is 5.63 Å². The Balaban J connectivity index is 3.01. The standard InChI is InChI=1S/C10H9O2.ClH.Hg/c1-2-3-4-6-9-7-5-8-10(11)12-9;;/h5,8H,2-3H2,1H3;1H;/q;;+1/p-1. The van der Waals surface area contributed by atoms with Gasteiger partial charge < -0.3 is 0 Å². The van der Waals surface area contributed by atoms with Crippen molar-refractivity contribution in [2.75, 3.05) is 0 Å². The molecule has 0 fully saturated rings. The Hall–Kier alpha value is -0.265. The van der Waals surface area contributed by atoms with E-state index in [2.05, 4.69) is 18.8 Å². The molecular formula is C10H9ClHgO2. The number of hydrogen-bond acceptors (Lipinski definition) is 2.